The van der Waals surface area contributed by atoms with Crippen LogP contribution in [0.4, 0.5) is 5.69 Å². The highest BCUT2D eigenvalue weighted by Crippen LogP contribution is 2.30. The van der Waals surface area contributed by atoms with Crippen LogP contribution in [0.15, 0.2) is 78.9 Å². The van der Waals surface area contributed by atoms with E-state index in [1.54, 1.807) is 11.3 Å². The molecular formula is C31H27N3OS. The minimum absolute atomic E-state index is 0.0248. The van der Waals surface area contributed by atoms with Gasteiger partial charge in [0.15, 0.2) is 0 Å². The van der Waals surface area contributed by atoms with E-state index >= 15 is 0 Å². The number of thiazole rings is 1. The minimum atomic E-state index is -0.0248. The third-order valence-electron chi connectivity index (χ3n) is 6.86. The van der Waals surface area contributed by atoms with Crippen molar-refractivity contribution in [2.45, 2.75) is 33.1 Å². The molecule has 0 fully saturated rings. The van der Waals surface area contributed by atoms with Gasteiger partial charge in [-0.15, -0.1) is 11.3 Å². The van der Waals surface area contributed by atoms with Crippen LogP contribution >= 0.6 is 11.3 Å². The maximum absolute atomic E-state index is 12.9. The van der Waals surface area contributed by atoms with Crippen molar-refractivity contribution >= 4 is 55.5 Å². The van der Waals surface area contributed by atoms with Gasteiger partial charge in [0.25, 0.3) is 0 Å². The maximum atomic E-state index is 12.9. The fourth-order valence-electron chi connectivity index (χ4n) is 5.05. The van der Waals surface area contributed by atoms with Gasteiger partial charge in [0.1, 0.15) is 0 Å². The molecule has 1 amide bonds. The van der Waals surface area contributed by atoms with Crippen LogP contribution in [0.1, 0.15) is 33.6 Å². The van der Waals surface area contributed by atoms with E-state index in [2.05, 4.69) is 84.0 Å². The molecule has 4 aromatic carbocycles. The fourth-order valence-corrected chi connectivity index (χ4v) is 6.14. The van der Waals surface area contributed by atoms with Crippen LogP contribution in [-0.2, 0) is 24.1 Å². The molecule has 0 aliphatic carbocycles. The molecule has 2 aromatic heterocycles. The molecule has 0 atom stereocenters. The van der Waals surface area contributed by atoms with Crippen molar-refractivity contribution in [3.05, 3.63) is 106 Å². The van der Waals surface area contributed by atoms with E-state index in [9.17, 15) is 4.79 Å². The number of hydrogen-bond donors (Lipinski definition) is 2. The quantitative estimate of drug-likeness (QED) is 0.253. The van der Waals surface area contributed by atoms with Gasteiger partial charge < -0.3 is 10.3 Å². The molecule has 0 aliphatic heterocycles. The summed E-state index contributed by atoms with van der Waals surface area (Å²) in [6.07, 6.45) is 2.07. The number of H-pyrrole nitrogens is 1. The maximum Gasteiger partial charge on any atom is 0.229 e. The molecule has 0 bridgehead atoms. The highest BCUT2D eigenvalue weighted by atomic mass is 32.1. The molecular weight excluding hydrogens is 462 g/mol. The van der Waals surface area contributed by atoms with Gasteiger partial charge in [-0.3, -0.25) is 4.79 Å². The van der Waals surface area contributed by atoms with Crippen LogP contribution in [-0.4, -0.2) is 15.9 Å². The molecule has 0 unspecified atom stereocenters. The van der Waals surface area contributed by atoms with Gasteiger partial charge in [-0.05, 0) is 47.4 Å². The molecule has 6 rings (SSSR count). The normalized spacial score (nSPS) is 11.5. The van der Waals surface area contributed by atoms with Crippen molar-refractivity contribution in [2.75, 3.05) is 5.32 Å². The van der Waals surface area contributed by atoms with E-state index in [1.807, 2.05) is 19.1 Å². The number of fused-ring (bicyclic) bond motifs is 4. The first kappa shape index (κ1) is 22.5. The van der Waals surface area contributed by atoms with Crippen molar-refractivity contribution in [3.63, 3.8) is 0 Å². The van der Waals surface area contributed by atoms with E-state index in [0.29, 0.717) is 6.42 Å². The van der Waals surface area contributed by atoms with E-state index in [1.165, 1.54) is 38.2 Å². The van der Waals surface area contributed by atoms with Crippen LogP contribution < -0.4 is 5.32 Å². The van der Waals surface area contributed by atoms with E-state index < -0.39 is 0 Å². The van der Waals surface area contributed by atoms with Crippen molar-refractivity contribution in [1.29, 1.82) is 0 Å². The second kappa shape index (κ2) is 9.25. The molecule has 178 valence electrons. The van der Waals surface area contributed by atoms with Crippen molar-refractivity contribution < 1.29 is 4.79 Å². The summed E-state index contributed by atoms with van der Waals surface area (Å²) in [7, 11) is 0. The number of para-hydroxylation sites is 1. The van der Waals surface area contributed by atoms with E-state index in [4.69, 9.17) is 4.98 Å². The first-order chi connectivity index (χ1) is 17.6. The lowest BCUT2D eigenvalue weighted by molar-refractivity contribution is -0.115. The predicted octanol–water partition coefficient (Wildman–Crippen LogP) is 7.57. The molecule has 2 heterocycles. The molecule has 0 aliphatic rings. The average molecular weight is 490 g/mol. The first-order valence-electron chi connectivity index (χ1n) is 12.3. The molecule has 0 saturated heterocycles. The Balaban J connectivity index is 1.19. The first-order valence-corrected chi connectivity index (χ1v) is 13.2. The summed E-state index contributed by atoms with van der Waals surface area (Å²) in [5.74, 6) is -0.0248. The molecule has 4 nitrogen and oxygen atoms in total. The smallest absolute Gasteiger partial charge is 0.229 e. The van der Waals surface area contributed by atoms with Gasteiger partial charge in [-0.25, -0.2) is 4.98 Å². The average Bonchev–Trinajstić information content (AvgIpc) is 3.43. The number of benzene rings is 4. The van der Waals surface area contributed by atoms with Crippen LogP contribution in [0.5, 0.6) is 0 Å². The Labute approximate surface area is 214 Å². The summed E-state index contributed by atoms with van der Waals surface area (Å²) in [6, 6.07) is 27.3. The lowest BCUT2D eigenvalue weighted by Gasteiger charge is -2.05. The summed E-state index contributed by atoms with van der Waals surface area (Å²) >= 11 is 1.63. The SMILES string of the molecule is CCc1cccc2c1[nH]c1cc(NC(=O)Cc3sc(Cc4cccc5ccccc45)nc3C)ccc12. The third-order valence-corrected chi connectivity index (χ3v) is 8.02. The van der Waals surface area contributed by atoms with Crippen LogP contribution in [0, 0.1) is 6.92 Å². The molecule has 0 radical (unpaired) electrons. The standard InChI is InChI=1S/C31H27N3OS/c1-3-20-9-7-13-26-25-15-14-23(17-27(25)34-31(20)26)33-29(35)18-28-19(2)32-30(36-28)16-22-11-6-10-21-8-4-5-12-24(21)22/h4-15,17,34H,3,16,18H2,1-2H3,(H,33,35). The summed E-state index contributed by atoms with van der Waals surface area (Å²) in [5.41, 5.74) is 6.51. The Morgan fingerprint density at radius 1 is 0.917 bits per heavy atom. The molecule has 36 heavy (non-hydrogen) atoms. The number of nitrogens with one attached hydrogen (secondary N) is 2. The Kier molecular flexibility index (Phi) is 5.78. The number of aryl methyl sites for hydroxylation is 2. The van der Waals surface area contributed by atoms with Gasteiger partial charge in [0.2, 0.25) is 5.91 Å². The number of carbonyl (C=O) groups excluding carboxylic acids is 1. The van der Waals surface area contributed by atoms with Gasteiger partial charge in [-0.1, -0.05) is 73.7 Å². The zero-order valence-electron chi connectivity index (χ0n) is 20.4. The number of hydrogen-bond acceptors (Lipinski definition) is 3. The summed E-state index contributed by atoms with van der Waals surface area (Å²) in [6.45, 7) is 4.16. The monoisotopic (exact) mass is 489 g/mol. The number of anilines is 1. The number of amides is 1. The molecule has 5 heteroatoms. The van der Waals surface area contributed by atoms with Crippen molar-refractivity contribution in [1.82, 2.24) is 9.97 Å². The van der Waals surface area contributed by atoms with Crippen LogP contribution in [0.2, 0.25) is 0 Å². The van der Waals surface area contributed by atoms with Gasteiger partial charge in [0.05, 0.1) is 17.1 Å². The van der Waals surface area contributed by atoms with Gasteiger partial charge in [-0.2, -0.15) is 0 Å². The summed E-state index contributed by atoms with van der Waals surface area (Å²) in [5, 5.41) is 9.02. The number of aromatic nitrogens is 2. The second-order valence-corrected chi connectivity index (χ2v) is 10.4. The lowest BCUT2D eigenvalue weighted by Crippen LogP contribution is -2.14. The predicted molar refractivity (Wildman–Crippen MR) is 151 cm³/mol. The molecule has 6 aromatic rings. The number of aromatic amines is 1. The zero-order valence-corrected chi connectivity index (χ0v) is 21.2. The Hall–Kier alpha value is -3.96. The highest BCUT2D eigenvalue weighted by molar-refractivity contribution is 7.11. The zero-order chi connectivity index (χ0) is 24.6. The van der Waals surface area contributed by atoms with Crippen molar-refractivity contribution in [3.8, 4) is 0 Å². The minimum Gasteiger partial charge on any atom is -0.354 e. The van der Waals surface area contributed by atoms with E-state index in [-0.39, 0.29) is 5.91 Å². The topological polar surface area (TPSA) is 57.8 Å². The second-order valence-electron chi connectivity index (χ2n) is 9.23. The van der Waals surface area contributed by atoms with Gasteiger partial charge in [0, 0.05) is 38.8 Å². The molecule has 2 N–H and O–H groups in total. The van der Waals surface area contributed by atoms with Gasteiger partial charge >= 0.3 is 0 Å². The van der Waals surface area contributed by atoms with Crippen LogP contribution in [0.25, 0.3) is 32.6 Å². The molecule has 0 saturated carbocycles. The fraction of sp³-hybridized carbons (Fsp3) is 0.161. The highest BCUT2D eigenvalue weighted by Gasteiger charge is 2.14. The summed E-state index contributed by atoms with van der Waals surface area (Å²) < 4.78 is 0. The third kappa shape index (κ3) is 4.16. The lowest BCUT2D eigenvalue weighted by atomic mass is 10.0. The Morgan fingerprint density at radius 2 is 1.69 bits per heavy atom. The number of rotatable bonds is 6. The van der Waals surface area contributed by atoms with Crippen LogP contribution in [0.3, 0.4) is 0 Å². The summed E-state index contributed by atoms with van der Waals surface area (Å²) in [4.78, 5) is 22.3. The Bertz CT molecular complexity index is 1740. The largest absolute Gasteiger partial charge is 0.354 e. The van der Waals surface area contributed by atoms with E-state index in [0.717, 1.165) is 39.6 Å². The number of nitrogens with zero attached hydrogens (tertiary/aromatic N) is 1. The number of carbonyl (C=O) groups is 1. The van der Waals surface area contributed by atoms with Crippen molar-refractivity contribution in [2.24, 2.45) is 0 Å². The molecule has 0 spiro atoms. The Morgan fingerprint density at radius 3 is 2.58 bits per heavy atom.